The molecule has 1 aliphatic heterocycles. The highest BCUT2D eigenvalue weighted by atomic mass is 19.1. The number of aliphatic hydroxyl groups is 1. The molecule has 1 atom stereocenters. The average Bonchev–Trinajstić information content (AvgIpc) is 2.87. The first-order valence-electron chi connectivity index (χ1n) is 8.27. The maximum atomic E-state index is 14.0. The van der Waals surface area contributed by atoms with E-state index in [1.807, 2.05) is 0 Å². The lowest BCUT2D eigenvalue weighted by molar-refractivity contribution is -0.123. The molecule has 1 saturated carbocycles. The number of urea groups is 1. The highest BCUT2D eigenvalue weighted by Crippen LogP contribution is 2.38. The summed E-state index contributed by atoms with van der Waals surface area (Å²) in [6.07, 6.45) is 0.534. The van der Waals surface area contributed by atoms with Gasteiger partial charge >= 0.3 is 6.03 Å². The van der Waals surface area contributed by atoms with Crippen LogP contribution in [0.1, 0.15) is 24.4 Å². The van der Waals surface area contributed by atoms with Gasteiger partial charge in [0, 0.05) is 0 Å². The summed E-state index contributed by atoms with van der Waals surface area (Å²) in [6.45, 7) is -0.446. The van der Waals surface area contributed by atoms with Crippen molar-refractivity contribution >= 4 is 17.8 Å². The fraction of sp³-hybridized carbons (Fsp3) is 0.471. The van der Waals surface area contributed by atoms with Crippen molar-refractivity contribution in [3.63, 3.8) is 0 Å². The summed E-state index contributed by atoms with van der Waals surface area (Å²) in [5, 5.41) is 14.5. The minimum atomic E-state index is -0.615. The number of hydrogen-bond donors (Lipinski definition) is 3. The van der Waals surface area contributed by atoms with Crippen molar-refractivity contribution < 1.29 is 28.6 Å². The molecule has 1 heterocycles. The molecule has 1 aliphatic carbocycles. The van der Waals surface area contributed by atoms with Crippen LogP contribution in [0.2, 0.25) is 0 Å². The Morgan fingerprint density at radius 1 is 1.46 bits per heavy atom. The molecule has 0 unspecified atom stereocenters. The molecule has 4 amide bonds. The van der Waals surface area contributed by atoms with E-state index in [-0.39, 0.29) is 24.8 Å². The van der Waals surface area contributed by atoms with E-state index >= 15 is 0 Å². The second kappa shape index (κ2) is 7.28. The zero-order valence-corrected chi connectivity index (χ0v) is 14.2. The molecule has 1 saturated heterocycles. The summed E-state index contributed by atoms with van der Waals surface area (Å²) in [6, 6.07) is 3.30. The van der Waals surface area contributed by atoms with Crippen LogP contribution in [-0.2, 0) is 9.59 Å². The number of aliphatic hydroxyl groups excluding tert-OH is 1. The van der Waals surface area contributed by atoms with E-state index in [1.54, 1.807) is 6.07 Å². The second-order valence-corrected chi connectivity index (χ2v) is 6.53. The molecule has 9 heteroatoms. The smallest absolute Gasteiger partial charge is 0.325 e. The van der Waals surface area contributed by atoms with Crippen molar-refractivity contribution in [3.05, 3.63) is 29.6 Å². The number of methoxy groups -OCH3 is 1. The summed E-state index contributed by atoms with van der Waals surface area (Å²) in [7, 11) is 1.36. The minimum absolute atomic E-state index is 0.0456. The van der Waals surface area contributed by atoms with E-state index in [1.165, 1.54) is 19.2 Å². The van der Waals surface area contributed by atoms with Gasteiger partial charge in [-0.3, -0.25) is 14.9 Å². The molecule has 2 fully saturated rings. The summed E-state index contributed by atoms with van der Waals surface area (Å²) < 4.78 is 19.0. The average molecular weight is 365 g/mol. The molecule has 140 valence electrons. The number of benzene rings is 1. The van der Waals surface area contributed by atoms with Crippen molar-refractivity contribution in [3.8, 4) is 5.75 Å². The molecule has 26 heavy (non-hydrogen) atoms. The highest BCUT2D eigenvalue weighted by Gasteiger charge is 2.37. The summed E-state index contributed by atoms with van der Waals surface area (Å²) in [5.74, 6) is -1.42. The van der Waals surface area contributed by atoms with Crippen LogP contribution in [0.4, 0.5) is 9.18 Å². The highest BCUT2D eigenvalue weighted by molar-refractivity contribution is 6.03. The van der Waals surface area contributed by atoms with Gasteiger partial charge in [0.2, 0.25) is 11.8 Å². The third-order valence-corrected chi connectivity index (χ3v) is 4.68. The molecule has 8 nitrogen and oxygen atoms in total. The normalized spacial score (nSPS) is 23.3. The molecular weight excluding hydrogens is 345 g/mol. The molecule has 0 radical (unpaired) electrons. The van der Waals surface area contributed by atoms with Gasteiger partial charge in [0.15, 0.2) is 11.6 Å². The van der Waals surface area contributed by atoms with Crippen LogP contribution in [0.5, 0.6) is 5.75 Å². The molecule has 3 rings (SSSR count). The standard InChI is InChI=1S/C17H20FN3O5/c1-26-13-3-2-9(6-12(13)18)16(10-4-11(22)5-10)19-14(23)7-21-8-15(24)20-17(21)25/h2-3,6,10-11,16,22H,4-5,7-8H2,1H3,(H,19,23)(H,20,24,25)/t10?,11?,16-/m1/s1. The molecule has 1 aromatic rings. The van der Waals surface area contributed by atoms with E-state index in [2.05, 4.69) is 10.6 Å². The Hall–Kier alpha value is -2.68. The Kier molecular flexibility index (Phi) is 5.08. The van der Waals surface area contributed by atoms with Crippen molar-refractivity contribution in [2.24, 2.45) is 5.92 Å². The van der Waals surface area contributed by atoms with E-state index < -0.39 is 35.8 Å². The Balaban J connectivity index is 1.72. The molecular formula is C17H20FN3O5. The summed E-state index contributed by atoms with van der Waals surface area (Å²) in [4.78, 5) is 36.2. The Morgan fingerprint density at radius 3 is 2.73 bits per heavy atom. The maximum absolute atomic E-state index is 14.0. The Labute approximate surface area is 149 Å². The number of nitrogens with zero attached hydrogens (tertiary/aromatic N) is 1. The van der Waals surface area contributed by atoms with Gasteiger partial charge in [0.1, 0.15) is 13.1 Å². The monoisotopic (exact) mass is 365 g/mol. The lowest BCUT2D eigenvalue weighted by Crippen LogP contribution is -2.45. The minimum Gasteiger partial charge on any atom is -0.494 e. The van der Waals surface area contributed by atoms with Crippen LogP contribution in [0.15, 0.2) is 18.2 Å². The van der Waals surface area contributed by atoms with E-state index in [0.717, 1.165) is 4.90 Å². The van der Waals surface area contributed by atoms with Gasteiger partial charge in [-0.15, -0.1) is 0 Å². The second-order valence-electron chi connectivity index (χ2n) is 6.53. The third kappa shape index (κ3) is 3.77. The number of halogens is 1. The molecule has 1 aromatic carbocycles. The first kappa shape index (κ1) is 18.1. The predicted octanol–water partition coefficient (Wildman–Crippen LogP) is 0.314. The number of ether oxygens (including phenoxy) is 1. The van der Waals surface area contributed by atoms with Crippen molar-refractivity contribution in [1.82, 2.24) is 15.5 Å². The van der Waals surface area contributed by atoms with Crippen molar-refractivity contribution in [2.75, 3.05) is 20.2 Å². The quantitative estimate of drug-likeness (QED) is 0.629. The van der Waals surface area contributed by atoms with Gasteiger partial charge in [0.05, 0.1) is 19.3 Å². The third-order valence-electron chi connectivity index (χ3n) is 4.68. The molecule has 3 N–H and O–H groups in total. The molecule has 2 aliphatic rings. The van der Waals surface area contributed by atoms with E-state index in [0.29, 0.717) is 18.4 Å². The summed E-state index contributed by atoms with van der Waals surface area (Å²) >= 11 is 0. The fourth-order valence-electron chi connectivity index (χ4n) is 3.25. The van der Waals surface area contributed by atoms with Crippen LogP contribution in [0.25, 0.3) is 0 Å². The van der Waals surface area contributed by atoms with Crippen LogP contribution < -0.4 is 15.4 Å². The predicted molar refractivity (Wildman–Crippen MR) is 87.7 cm³/mol. The Morgan fingerprint density at radius 2 is 2.19 bits per heavy atom. The first-order chi connectivity index (χ1) is 12.4. The topological polar surface area (TPSA) is 108 Å². The lowest BCUT2D eigenvalue weighted by Gasteiger charge is -2.38. The number of nitrogens with one attached hydrogen (secondary N) is 2. The summed E-state index contributed by atoms with van der Waals surface area (Å²) in [5.41, 5.74) is 0.551. The van der Waals surface area contributed by atoms with Gasteiger partial charge in [-0.25, -0.2) is 9.18 Å². The van der Waals surface area contributed by atoms with Crippen molar-refractivity contribution in [1.29, 1.82) is 0 Å². The lowest BCUT2D eigenvalue weighted by atomic mass is 9.75. The van der Waals surface area contributed by atoms with Crippen LogP contribution in [0, 0.1) is 11.7 Å². The molecule has 0 bridgehead atoms. The first-order valence-corrected chi connectivity index (χ1v) is 8.27. The number of carbonyl (C=O) groups is 3. The van der Waals surface area contributed by atoms with E-state index in [9.17, 15) is 23.9 Å². The zero-order valence-electron chi connectivity index (χ0n) is 14.2. The SMILES string of the molecule is COc1ccc([C@@H](NC(=O)CN2CC(=O)NC2=O)C2CC(O)C2)cc1F. The van der Waals surface area contributed by atoms with Crippen LogP contribution >= 0.6 is 0 Å². The molecule has 0 spiro atoms. The van der Waals surface area contributed by atoms with Gasteiger partial charge in [0.25, 0.3) is 0 Å². The number of hydrogen-bond acceptors (Lipinski definition) is 5. The van der Waals surface area contributed by atoms with Crippen molar-refractivity contribution in [2.45, 2.75) is 25.0 Å². The van der Waals surface area contributed by atoms with Gasteiger partial charge in [-0.1, -0.05) is 6.07 Å². The van der Waals surface area contributed by atoms with Gasteiger partial charge in [-0.2, -0.15) is 0 Å². The largest absolute Gasteiger partial charge is 0.494 e. The number of imide groups is 1. The van der Waals surface area contributed by atoms with Gasteiger partial charge in [-0.05, 0) is 36.5 Å². The number of rotatable bonds is 6. The number of amides is 4. The van der Waals surface area contributed by atoms with Crippen LogP contribution in [0.3, 0.4) is 0 Å². The van der Waals surface area contributed by atoms with E-state index in [4.69, 9.17) is 4.74 Å². The molecule has 0 aromatic heterocycles. The maximum Gasteiger partial charge on any atom is 0.325 e. The zero-order chi connectivity index (χ0) is 18.8. The van der Waals surface area contributed by atoms with Crippen LogP contribution in [-0.4, -0.2) is 54.2 Å². The Bertz CT molecular complexity index is 735. The fourth-order valence-corrected chi connectivity index (χ4v) is 3.25. The number of carbonyl (C=O) groups excluding carboxylic acids is 3. The van der Waals surface area contributed by atoms with Gasteiger partial charge < -0.3 is 20.1 Å².